The molecule has 0 bridgehead atoms. The molecule has 5 nitrogen and oxygen atoms in total. The largest absolute Gasteiger partial charge is 0.481 e. The summed E-state index contributed by atoms with van der Waals surface area (Å²) in [5.74, 6) is -1.82. The molecular formula is C15H19FN2O3. The molecule has 1 fully saturated rings. The van der Waals surface area contributed by atoms with Gasteiger partial charge in [-0.2, -0.15) is 0 Å². The first-order valence-corrected chi connectivity index (χ1v) is 7.02. The fourth-order valence-corrected chi connectivity index (χ4v) is 2.68. The van der Waals surface area contributed by atoms with E-state index in [9.17, 15) is 14.0 Å². The number of carboxylic acids is 1. The lowest BCUT2D eigenvalue weighted by Gasteiger charge is -2.28. The molecule has 0 saturated heterocycles. The van der Waals surface area contributed by atoms with Gasteiger partial charge in [-0.1, -0.05) is 6.42 Å². The van der Waals surface area contributed by atoms with Crippen molar-refractivity contribution in [3.63, 3.8) is 0 Å². The number of amides is 1. The SMILES string of the molecule is CC(=O)Nc1ccc(F)c(NC2CCCC(C(=O)O)C2)c1. The zero-order chi connectivity index (χ0) is 15.4. The number of nitrogens with one attached hydrogen (secondary N) is 2. The van der Waals surface area contributed by atoms with Gasteiger partial charge in [-0.3, -0.25) is 9.59 Å². The summed E-state index contributed by atoms with van der Waals surface area (Å²) < 4.78 is 13.8. The van der Waals surface area contributed by atoms with E-state index >= 15 is 0 Å². The Kier molecular flexibility index (Phi) is 4.77. The molecule has 2 unspecified atom stereocenters. The van der Waals surface area contributed by atoms with Crippen molar-refractivity contribution in [2.45, 2.75) is 38.6 Å². The minimum Gasteiger partial charge on any atom is -0.481 e. The Bertz CT molecular complexity index is 548. The third kappa shape index (κ3) is 4.18. The molecule has 0 spiro atoms. The smallest absolute Gasteiger partial charge is 0.306 e. The molecule has 1 saturated carbocycles. The summed E-state index contributed by atoms with van der Waals surface area (Å²) >= 11 is 0. The van der Waals surface area contributed by atoms with E-state index in [2.05, 4.69) is 10.6 Å². The molecule has 6 heteroatoms. The number of anilines is 2. The molecule has 3 N–H and O–H groups in total. The Balaban J connectivity index is 2.07. The molecule has 114 valence electrons. The number of aliphatic carboxylic acids is 1. The topological polar surface area (TPSA) is 78.4 Å². The Labute approximate surface area is 122 Å². The Morgan fingerprint density at radius 2 is 2.10 bits per heavy atom. The summed E-state index contributed by atoms with van der Waals surface area (Å²) in [5, 5.41) is 14.7. The van der Waals surface area contributed by atoms with Crippen LogP contribution in [0.4, 0.5) is 15.8 Å². The van der Waals surface area contributed by atoms with Gasteiger partial charge in [0.1, 0.15) is 5.82 Å². The highest BCUT2D eigenvalue weighted by molar-refractivity contribution is 5.89. The molecule has 1 amide bonds. The van der Waals surface area contributed by atoms with E-state index in [-0.39, 0.29) is 23.6 Å². The van der Waals surface area contributed by atoms with Gasteiger partial charge in [0, 0.05) is 18.7 Å². The summed E-state index contributed by atoms with van der Waals surface area (Å²) in [7, 11) is 0. The predicted octanol–water partition coefficient (Wildman–Crippen LogP) is 2.84. The molecule has 1 aromatic rings. The molecule has 0 heterocycles. The Morgan fingerprint density at radius 1 is 1.33 bits per heavy atom. The molecule has 1 aromatic carbocycles. The first-order valence-electron chi connectivity index (χ1n) is 7.02. The molecule has 0 aromatic heterocycles. The van der Waals surface area contributed by atoms with Crippen molar-refractivity contribution in [2.75, 3.05) is 10.6 Å². The third-order valence-electron chi connectivity index (χ3n) is 3.67. The van der Waals surface area contributed by atoms with E-state index in [1.807, 2.05) is 0 Å². The van der Waals surface area contributed by atoms with E-state index in [0.717, 1.165) is 12.8 Å². The Morgan fingerprint density at radius 3 is 2.76 bits per heavy atom. The van der Waals surface area contributed by atoms with Crippen molar-refractivity contribution in [3.8, 4) is 0 Å². The maximum absolute atomic E-state index is 13.8. The van der Waals surface area contributed by atoms with E-state index in [4.69, 9.17) is 5.11 Å². The van der Waals surface area contributed by atoms with Crippen molar-refractivity contribution in [2.24, 2.45) is 5.92 Å². The van der Waals surface area contributed by atoms with Gasteiger partial charge < -0.3 is 15.7 Å². The highest BCUT2D eigenvalue weighted by atomic mass is 19.1. The fourth-order valence-electron chi connectivity index (χ4n) is 2.68. The second kappa shape index (κ2) is 6.56. The van der Waals surface area contributed by atoms with Crippen LogP contribution in [0.1, 0.15) is 32.6 Å². The monoisotopic (exact) mass is 294 g/mol. The molecule has 0 radical (unpaired) electrons. The second-order valence-electron chi connectivity index (χ2n) is 5.42. The van der Waals surface area contributed by atoms with Crippen molar-refractivity contribution in [3.05, 3.63) is 24.0 Å². The van der Waals surface area contributed by atoms with E-state index in [1.165, 1.54) is 25.1 Å². The lowest BCUT2D eigenvalue weighted by atomic mass is 9.85. The van der Waals surface area contributed by atoms with Crippen LogP contribution in [0.15, 0.2) is 18.2 Å². The number of rotatable bonds is 4. The van der Waals surface area contributed by atoms with E-state index in [1.54, 1.807) is 0 Å². The van der Waals surface area contributed by atoms with Crippen LogP contribution in [-0.2, 0) is 9.59 Å². The molecule has 0 aliphatic heterocycles. The van der Waals surface area contributed by atoms with Crippen molar-refractivity contribution >= 4 is 23.3 Å². The average molecular weight is 294 g/mol. The number of carboxylic acid groups (broad SMARTS) is 1. The number of benzene rings is 1. The van der Waals surface area contributed by atoms with Gasteiger partial charge in [-0.25, -0.2) is 4.39 Å². The van der Waals surface area contributed by atoms with Crippen LogP contribution in [0.5, 0.6) is 0 Å². The number of carbonyl (C=O) groups is 2. The number of halogens is 1. The predicted molar refractivity (Wildman–Crippen MR) is 77.7 cm³/mol. The average Bonchev–Trinajstić information content (AvgIpc) is 2.42. The molecular weight excluding hydrogens is 275 g/mol. The van der Waals surface area contributed by atoms with Crippen LogP contribution < -0.4 is 10.6 Å². The Hall–Kier alpha value is -2.11. The van der Waals surface area contributed by atoms with Gasteiger partial charge in [-0.15, -0.1) is 0 Å². The lowest BCUT2D eigenvalue weighted by Crippen LogP contribution is -2.31. The first-order chi connectivity index (χ1) is 9.95. The summed E-state index contributed by atoms with van der Waals surface area (Å²) in [5.41, 5.74) is 0.800. The standard InChI is InChI=1S/C15H19FN2O3/c1-9(19)17-12-5-6-13(16)14(8-12)18-11-4-2-3-10(7-11)15(20)21/h5-6,8,10-11,18H,2-4,7H2,1H3,(H,17,19)(H,20,21). The highest BCUT2D eigenvalue weighted by Gasteiger charge is 2.27. The van der Waals surface area contributed by atoms with E-state index < -0.39 is 11.8 Å². The second-order valence-corrected chi connectivity index (χ2v) is 5.42. The van der Waals surface area contributed by atoms with Crippen LogP contribution in [-0.4, -0.2) is 23.0 Å². The normalized spacial score (nSPS) is 21.6. The molecule has 2 atom stereocenters. The van der Waals surface area contributed by atoms with Gasteiger partial charge in [0.05, 0.1) is 11.6 Å². The van der Waals surface area contributed by atoms with Crippen LogP contribution in [0.2, 0.25) is 0 Å². The quantitative estimate of drug-likeness (QED) is 0.798. The minimum absolute atomic E-state index is 0.0677. The van der Waals surface area contributed by atoms with Crippen LogP contribution in [0.25, 0.3) is 0 Å². The van der Waals surface area contributed by atoms with Crippen LogP contribution in [0, 0.1) is 11.7 Å². The third-order valence-corrected chi connectivity index (χ3v) is 3.67. The first kappa shape index (κ1) is 15.3. The maximum Gasteiger partial charge on any atom is 0.306 e. The lowest BCUT2D eigenvalue weighted by molar-refractivity contribution is -0.142. The molecule has 2 rings (SSSR count). The minimum atomic E-state index is -0.797. The highest BCUT2D eigenvalue weighted by Crippen LogP contribution is 2.28. The fraction of sp³-hybridized carbons (Fsp3) is 0.467. The summed E-state index contributed by atoms with van der Waals surface area (Å²) in [4.78, 5) is 22.1. The number of carbonyl (C=O) groups excluding carboxylic acids is 1. The van der Waals surface area contributed by atoms with Gasteiger partial charge in [0.15, 0.2) is 0 Å². The van der Waals surface area contributed by atoms with Crippen molar-refractivity contribution < 1.29 is 19.1 Å². The number of hydrogen-bond donors (Lipinski definition) is 3. The van der Waals surface area contributed by atoms with Crippen molar-refractivity contribution in [1.82, 2.24) is 0 Å². The van der Waals surface area contributed by atoms with E-state index in [0.29, 0.717) is 18.5 Å². The summed E-state index contributed by atoms with van der Waals surface area (Å²) in [6.45, 7) is 1.38. The summed E-state index contributed by atoms with van der Waals surface area (Å²) in [6.07, 6.45) is 2.77. The van der Waals surface area contributed by atoms with Gasteiger partial charge in [-0.05, 0) is 37.5 Å². The molecule has 21 heavy (non-hydrogen) atoms. The zero-order valence-corrected chi connectivity index (χ0v) is 11.9. The van der Waals surface area contributed by atoms with Gasteiger partial charge in [0.2, 0.25) is 5.91 Å². The molecule has 1 aliphatic rings. The van der Waals surface area contributed by atoms with Gasteiger partial charge >= 0.3 is 5.97 Å². The maximum atomic E-state index is 13.8. The van der Waals surface area contributed by atoms with Crippen molar-refractivity contribution in [1.29, 1.82) is 0 Å². The van der Waals surface area contributed by atoms with Crippen LogP contribution in [0.3, 0.4) is 0 Å². The van der Waals surface area contributed by atoms with Crippen LogP contribution >= 0.6 is 0 Å². The summed E-state index contributed by atoms with van der Waals surface area (Å²) in [6, 6.07) is 4.23. The zero-order valence-electron chi connectivity index (χ0n) is 11.9. The van der Waals surface area contributed by atoms with Gasteiger partial charge in [0.25, 0.3) is 0 Å². The molecule has 1 aliphatic carbocycles. The number of hydrogen-bond acceptors (Lipinski definition) is 3.